The average Bonchev–Trinajstić information content (AvgIpc) is 2.26. The van der Waals surface area contributed by atoms with Gasteiger partial charge >= 0.3 is 5.51 Å². The van der Waals surface area contributed by atoms with E-state index in [1.54, 1.807) is 12.1 Å². The molecule has 0 saturated heterocycles. The van der Waals surface area contributed by atoms with Gasteiger partial charge in [-0.2, -0.15) is 13.2 Å². The molecule has 0 bridgehead atoms. The van der Waals surface area contributed by atoms with Crippen molar-refractivity contribution in [2.24, 2.45) is 0 Å². The molecule has 1 aromatic rings. The molecule has 0 saturated carbocycles. The van der Waals surface area contributed by atoms with Gasteiger partial charge in [-0.05, 0) is 31.7 Å². The minimum Gasteiger partial charge on any atom is -0.508 e. The van der Waals surface area contributed by atoms with Gasteiger partial charge in [0.1, 0.15) is 5.75 Å². The van der Waals surface area contributed by atoms with Crippen LogP contribution < -0.4 is 5.32 Å². The van der Waals surface area contributed by atoms with Gasteiger partial charge in [0.2, 0.25) is 0 Å². The van der Waals surface area contributed by atoms with Crippen molar-refractivity contribution in [2.75, 3.05) is 12.3 Å². The van der Waals surface area contributed by atoms with Crippen molar-refractivity contribution in [1.29, 1.82) is 0 Å². The first kappa shape index (κ1) is 15.2. The summed E-state index contributed by atoms with van der Waals surface area (Å²) in [4.78, 5) is 0. The smallest absolute Gasteiger partial charge is 0.441 e. The van der Waals surface area contributed by atoms with Crippen LogP contribution in [0.3, 0.4) is 0 Å². The Bertz CT molecular complexity index is 395. The number of hydrogen-bond acceptors (Lipinski definition) is 3. The van der Waals surface area contributed by atoms with Gasteiger partial charge in [-0.1, -0.05) is 17.7 Å². The number of hydrogen-bond donors (Lipinski definition) is 2. The molecule has 0 amide bonds. The summed E-state index contributed by atoms with van der Waals surface area (Å²) < 4.78 is 35.7. The van der Waals surface area contributed by atoms with Crippen molar-refractivity contribution >= 4 is 11.8 Å². The molecule has 0 aliphatic carbocycles. The van der Waals surface area contributed by atoms with Crippen LogP contribution in [0.1, 0.15) is 24.1 Å². The number of aromatic hydroxyl groups is 1. The highest BCUT2D eigenvalue weighted by Crippen LogP contribution is 2.30. The SMILES string of the molecule is Cc1ccc(O)c(C(C)NCCSC(F)(F)F)c1. The Morgan fingerprint density at radius 2 is 2.06 bits per heavy atom. The highest BCUT2D eigenvalue weighted by atomic mass is 32.2. The molecule has 2 N–H and O–H groups in total. The summed E-state index contributed by atoms with van der Waals surface area (Å²) in [5, 5.41) is 12.6. The zero-order chi connectivity index (χ0) is 13.8. The summed E-state index contributed by atoms with van der Waals surface area (Å²) in [5.74, 6) is 0.115. The van der Waals surface area contributed by atoms with E-state index in [9.17, 15) is 18.3 Å². The summed E-state index contributed by atoms with van der Waals surface area (Å²) in [6.45, 7) is 3.95. The number of thioether (sulfide) groups is 1. The summed E-state index contributed by atoms with van der Waals surface area (Å²) in [6, 6.07) is 5.01. The molecule has 1 rings (SSSR count). The van der Waals surface area contributed by atoms with E-state index in [1.807, 2.05) is 19.9 Å². The third-order valence-corrected chi connectivity index (χ3v) is 3.20. The maximum Gasteiger partial charge on any atom is 0.441 e. The van der Waals surface area contributed by atoms with Crippen molar-refractivity contribution in [3.8, 4) is 5.75 Å². The van der Waals surface area contributed by atoms with Gasteiger partial charge in [0, 0.05) is 23.9 Å². The summed E-state index contributed by atoms with van der Waals surface area (Å²) in [6.07, 6.45) is 0. The van der Waals surface area contributed by atoms with Gasteiger partial charge in [0.05, 0.1) is 0 Å². The summed E-state index contributed by atoms with van der Waals surface area (Å²) in [7, 11) is 0. The number of aryl methyl sites for hydroxylation is 1. The van der Waals surface area contributed by atoms with Crippen LogP contribution >= 0.6 is 11.8 Å². The molecule has 0 spiro atoms. The Kier molecular flexibility index (Phi) is 5.34. The number of alkyl halides is 3. The fourth-order valence-corrected chi connectivity index (χ4v) is 2.02. The molecule has 102 valence electrons. The zero-order valence-electron chi connectivity index (χ0n) is 10.2. The van der Waals surface area contributed by atoms with E-state index < -0.39 is 5.51 Å². The predicted octanol–water partition coefficient (Wildman–Crippen LogP) is 3.60. The van der Waals surface area contributed by atoms with Crippen LogP contribution in [0.15, 0.2) is 18.2 Å². The average molecular weight is 279 g/mol. The fourth-order valence-electron chi connectivity index (χ4n) is 1.57. The summed E-state index contributed by atoms with van der Waals surface area (Å²) >= 11 is -0.0469. The number of halogens is 3. The maximum atomic E-state index is 11.9. The second-order valence-electron chi connectivity index (χ2n) is 4.03. The van der Waals surface area contributed by atoms with Crippen LogP contribution in [0, 0.1) is 6.92 Å². The molecule has 0 aliphatic heterocycles. The molecular weight excluding hydrogens is 263 g/mol. The molecule has 1 unspecified atom stereocenters. The van der Waals surface area contributed by atoms with E-state index in [1.165, 1.54) is 0 Å². The molecular formula is C12H16F3NOS. The standard InChI is InChI=1S/C12H16F3NOS/c1-8-3-4-11(17)10(7-8)9(2)16-5-6-18-12(13,14)15/h3-4,7,9,16-17H,5-6H2,1-2H3. The topological polar surface area (TPSA) is 32.3 Å². The summed E-state index contributed by atoms with van der Waals surface area (Å²) in [5.41, 5.74) is -2.48. The second-order valence-corrected chi connectivity index (χ2v) is 5.19. The van der Waals surface area contributed by atoms with E-state index in [-0.39, 0.29) is 35.9 Å². The van der Waals surface area contributed by atoms with Crippen LogP contribution in [0.4, 0.5) is 13.2 Å². The molecule has 0 heterocycles. The number of benzene rings is 1. The van der Waals surface area contributed by atoms with Crippen LogP contribution in [-0.4, -0.2) is 22.9 Å². The number of phenols is 1. The number of nitrogens with one attached hydrogen (secondary N) is 1. The van der Waals surface area contributed by atoms with Crippen LogP contribution in [-0.2, 0) is 0 Å². The third kappa shape index (κ3) is 5.18. The minimum absolute atomic E-state index is 0.0413. The lowest BCUT2D eigenvalue weighted by Crippen LogP contribution is -2.22. The normalized spacial score (nSPS) is 13.6. The molecule has 18 heavy (non-hydrogen) atoms. The first-order chi connectivity index (χ1) is 8.29. The largest absolute Gasteiger partial charge is 0.508 e. The van der Waals surface area contributed by atoms with Gasteiger partial charge < -0.3 is 10.4 Å². The van der Waals surface area contributed by atoms with Gasteiger partial charge in [-0.25, -0.2) is 0 Å². The van der Waals surface area contributed by atoms with Gasteiger partial charge in [-0.3, -0.25) is 0 Å². The first-order valence-corrected chi connectivity index (χ1v) is 6.52. The Labute approximate surface area is 109 Å². The highest BCUT2D eigenvalue weighted by molar-refractivity contribution is 8.00. The number of phenolic OH excluding ortho intramolecular Hbond substituents is 1. The number of rotatable bonds is 5. The molecule has 0 aliphatic rings. The Hall–Kier alpha value is -0.880. The van der Waals surface area contributed by atoms with E-state index in [2.05, 4.69) is 5.32 Å². The third-order valence-electron chi connectivity index (χ3n) is 2.47. The van der Waals surface area contributed by atoms with E-state index >= 15 is 0 Å². The molecule has 1 atom stereocenters. The first-order valence-electron chi connectivity index (χ1n) is 5.53. The van der Waals surface area contributed by atoms with E-state index in [0.29, 0.717) is 5.56 Å². The minimum atomic E-state index is -4.18. The predicted molar refractivity (Wildman–Crippen MR) is 67.8 cm³/mol. The van der Waals surface area contributed by atoms with Crippen LogP contribution in [0.2, 0.25) is 0 Å². The second kappa shape index (κ2) is 6.33. The van der Waals surface area contributed by atoms with Gasteiger partial charge in [-0.15, -0.1) is 0 Å². The van der Waals surface area contributed by atoms with Crippen molar-refractivity contribution in [1.82, 2.24) is 5.32 Å². The zero-order valence-corrected chi connectivity index (χ0v) is 11.0. The lowest BCUT2D eigenvalue weighted by molar-refractivity contribution is -0.0327. The monoisotopic (exact) mass is 279 g/mol. The Balaban J connectivity index is 2.45. The Morgan fingerprint density at radius 1 is 1.39 bits per heavy atom. The van der Waals surface area contributed by atoms with Crippen LogP contribution in [0.5, 0.6) is 5.75 Å². The molecule has 1 aromatic carbocycles. The van der Waals surface area contributed by atoms with Crippen molar-refractivity contribution in [3.63, 3.8) is 0 Å². The van der Waals surface area contributed by atoms with Crippen molar-refractivity contribution in [2.45, 2.75) is 25.4 Å². The van der Waals surface area contributed by atoms with Crippen molar-refractivity contribution < 1.29 is 18.3 Å². The molecule has 0 fully saturated rings. The lowest BCUT2D eigenvalue weighted by Gasteiger charge is -2.16. The Morgan fingerprint density at radius 3 is 2.67 bits per heavy atom. The van der Waals surface area contributed by atoms with E-state index in [4.69, 9.17) is 0 Å². The molecule has 0 aromatic heterocycles. The molecule has 0 radical (unpaired) electrons. The van der Waals surface area contributed by atoms with Gasteiger partial charge in [0.15, 0.2) is 0 Å². The van der Waals surface area contributed by atoms with Crippen molar-refractivity contribution in [3.05, 3.63) is 29.3 Å². The molecule has 2 nitrogen and oxygen atoms in total. The van der Waals surface area contributed by atoms with Crippen LogP contribution in [0.25, 0.3) is 0 Å². The lowest BCUT2D eigenvalue weighted by atomic mass is 10.0. The molecule has 6 heteroatoms. The maximum absolute atomic E-state index is 11.9. The quantitative estimate of drug-likeness (QED) is 0.808. The fraction of sp³-hybridized carbons (Fsp3) is 0.500. The van der Waals surface area contributed by atoms with Gasteiger partial charge in [0.25, 0.3) is 0 Å². The van der Waals surface area contributed by atoms with E-state index in [0.717, 1.165) is 5.56 Å². The highest BCUT2D eigenvalue weighted by Gasteiger charge is 2.27.